The molecule has 0 aliphatic heterocycles. The third-order valence-electron chi connectivity index (χ3n) is 3.91. The van der Waals surface area contributed by atoms with Crippen molar-refractivity contribution in [3.63, 3.8) is 0 Å². The number of hydrogen-bond acceptors (Lipinski definition) is 3. The molecule has 0 radical (unpaired) electrons. The number of nitrogens with zero attached hydrogens (tertiary/aromatic N) is 1. The Morgan fingerprint density at radius 3 is 2.42 bits per heavy atom. The lowest BCUT2D eigenvalue weighted by Crippen LogP contribution is -2.27. The molecule has 0 aliphatic rings. The van der Waals surface area contributed by atoms with Gasteiger partial charge in [-0.05, 0) is 38.3 Å². The van der Waals surface area contributed by atoms with Gasteiger partial charge in [0.05, 0.1) is 22.9 Å². The van der Waals surface area contributed by atoms with Crippen molar-refractivity contribution in [3.8, 4) is 6.07 Å². The highest BCUT2D eigenvalue weighted by Crippen LogP contribution is 2.31. The van der Waals surface area contributed by atoms with Crippen molar-refractivity contribution in [3.05, 3.63) is 23.0 Å². The topological polar surface area (TPSA) is 61.8 Å². The first-order chi connectivity index (χ1) is 8.90. The number of halogens is 1. The van der Waals surface area contributed by atoms with E-state index in [1.165, 1.54) is 0 Å². The largest absolute Gasteiger partial charge is 0.397 e. The molecule has 0 bridgehead atoms. The molecule has 0 aliphatic carbocycles. The Balaban J connectivity index is 3.02. The highest BCUT2D eigenvalue weighted by atomic mass is 19.1. The van der Waals surface area contributed by atoms with Crippen LogP contribution in [0, 0.1) is 36.4 Å². The number of nitrogens with one attached hydrogen (secondary N) is 1. The van der Waals surface area contributed by atoms with Crippen molar-refractivity contribution in [2.24, 2.45) is 5.41 Å². The maximum atomic E-state index is 13.9. The molecule has 104 valence electrons. The van der Waals surface area contributed by atoms with Gasteiger partial charge in [0.1, 0.15) is 5.82 Å². The van der Waals surface area contributed by atoms with Crippen LogP contribution in [0.1, 0.15) is 37.8 Å². The fraction of sp³-hybridized carbons (Fsp3) is 0.533. The van der Waals surface area contributed by atoms with Crippen LogP contribution in [0.25, 0.3) is 0 Å². The second kappa shape index (κ2) is 5.92. The van der Waals surface area contributed by atoms with E-state index in [-0.39, 0.29) is 5.82 Å². The zero-order chi connectivity index (χ0) is 14.6. The Morgan fingerprint density at radius 1 is 1.37 bits per heavy atom. The van der Waals surface area contributed by atoms with Gasteiger partial charge in [0.25, 0.3) is 0 Å². The van der Waals surface area contributed by atoms with Gasteiger partial charge in [-0.3, -0.25) is 0 Å². The van der Waals surface area contributed by atoms with Crippen LogP contribution < -0.4 is 11.1 Å². The van der Waals surface area contributed by atoms with E-state index in [0.717, 1.165) is 12.8 Å². The summed E-state index contributed by atoms with van der Waals surface area (Å²) in [4.78, 5) is 0. The first kappa shape index (κ1) is 15.3. The molecule has 0 saturated heterocycles. The van der Waals surface area contributed by atoms with Crippen molar-refractivity contribution in [1.29, 1.82) is 5.26 Å². The van der Waals surface area contributed by atoms with Crippen LogP contribution in [0.3, 0.4) is 0 Å². The van der Waals surface area contributed by atoms with E-state index in [1.54, 1.807) is 19.9 Å². The van der Waals surface area contributed by atoms with Gasteiger partial charge in [0.2, 0.25) is 0 Å². The number of hydrogen-bond donors (Lipinski definition) is 2. The maximum Gasteiger partial charge on any atom is 0.131 e. The predicted octanol–water partition coefficient (Wildman–Crippen LogP) is 3.77. The monoisotopic (exact) mass is 263 g/mol. The van der Waals surface area contributed by atoms with Gasteiger partial charge in [-0.2, -0.15) is 5.26 Å². The first-order valence-corrected chi connectivity index (χ1v) is 6.61. The average Bonchev–Trinajstić information content (AvgIpc) is 2.41. The van der Waals surface area contributed by atoms with Gasteiger partial charge in [-0.1, -0.05) is 13.8 Å². The lowest BCUT2D eigenvalue weighted by atomic mass is 9.84. The van der Waals surface area contributed by atoms with Crippen LogP contribution in [0.15, 0.2) is 6.07 Å². The summed E-state index contributed by atoms with van der Waals surface area (Å²) < 4.78 is 13.9. The van der Waals surface area contributed by atoms with Crippen LogP contribution >= 0.6 is 0 Å². The molecule has 0 fully saturated rings. The molecule has 1 aromatic carbocycles. The normalized spacial score (nSPS) is 11.2. The Kier molecular flexibility index (Phi) is 4.77. The Hall–Kier alpha value is -1.76. The van der Waals surface area contributed by atoms with E-state index in [9.17, 15) is 9.65 Å². The summed E-state index contributed by atoms with van der Waals surface area (Å²) in [7, 11) is 0. The second-order valence-electron chi connectivity index (χ2n) is 5.05. The number of aryl methyl sites for hydroxylation is 1. The predicted molar refractivity (Wildman–Crippen MR) is 77.4 cm³/mol. The van der Waals surface area contributed by atoms with Gasteiger partial charge in [-0.15, -0.1) is 0 Å². The van der Waals surface area contributed by atoms with E-state index < -0.39 is 5.41 Å². The van der Waals surface area contributed by atoms with Gasteiger partial charge >= 0.3 is 0 Å². The minimum absolute atomic E-state index is 0.243. The molecule has 19 heavy (non-hydrogen) atoms. The minimum Gasteiger partial charge on any atom is -0.397 e. The standard InChI is InChI=1S/C15H22FN3/c1-5-15(6-2,8-17)9-19-14-11(4)13(16)10(3)7-12(14)18/h7,19H,5-6,9,18H2,1-4H3. The summed E-state index contributed by atoms with van der Waals surface area (Å²) in [5.41, 5.74) is 7.68. The number of nitriles is 1. The summed E-state index contributed by atoms with van der Waals surface area (Å²) in [6.07, 6.45) is 1.50. The van der Waals surface area contributed by atoms with Gasteiger partial charge in [0.15, 0.2) is 0 Å². The van der Waals surface area contributed by atoms with E-state index in [0.29, 0.717) is 29.0 Å². The summed E-state index contributed by atoms with van der Waals surface area (Å²) in [6, 6.07) is 3.97. The number of benzene rings is 1. The number of anilines is 2. The molecule has 1 rings (SSSR count). The fourth-order valence-corrected chi connectivity index (χ4v) is 2.18. The van der Waals surface area contributed by atoms with E-state index in [1.807, 2.05) is 13.8 Å². The zero-order valence-electron chi connectivity index (χ0n) is 12.1. The zero-order valence-corrected chi connectivity index (χ0v) is 12.1. The molecule has 0 heterocycles. The number of nitrogens with two attached hydrogens (primary N) is 1. The first-order valence-electron chi connectivity index (χ1n) is 6.61. The third-order valence-corrected chi connectivity index (χ3v) is 3.91. The molecule has 4 heteroatoms. The molecule has 3 N–H and O–H groups in total. The Labute approximate surface area is 114 Å². The quantitative estimate of drug-likeness (QED) is 0.795. The molecule has 0 atom stereocenters. The van der Waals surface area contributed by atoms with Gasteiger partial charge in [0, 0.05) is 12.1 Å². The minimum atomic E-state index is -0.430. The molecule has 0 saturated carbocycles. The van der Waals surface area contributed by atoms with Crippen molar-refractivity contribution >= 4 is 11.4 Å². The summed E-state index contributed by atoms with van der Waals surface area (Å²) in [5, 5.41) is 12.5. The fourth-order valence-electron chi connectivity index (χ4n) is 2.18. The van der Waals surface area contributed by atoms with E-state index >= 15 is 0 Å². The highest BCUT2D eigenvalue weighted by Gasteiger charge is 2.26. The van der Waals surface area contributed by atoms with Crippen LogP contribution in [-0.2, 0) is 0 Å². The van der Waals surface area contributed by atoms with Crippen molar-refractivity contribution in [1.82, 2.24) is 0 Å². The lowest BCUT2D eigenvalue weighted by molar-refractivity contribution is 0.390. The molecule has 0 unspecified atom stereocenters. The van der Waals surface area contributed by atoms with Gasteiger partial charge < -0.3 is 11.1 Å². The lowest BCUT2D eigenvalue weighted by Gasteiger charge is -2.25. The van der Waals surface area contributed by atoms with E-state index in [4.69, 9.17) is 5.73 Å². The van der Waals surface area contributed by atoms with Crippen LogP contribution in [0.5, 0.6) is 0 Å². The average molecular weight is 263 g/mol. The van der Waals surface area contributed by atoms with Crippen LogP contribution in [0.4, 0.5) is 15.8 Å². The Bertz CT molecular complexity index is 499. The Morgan fingerprint density at radius 2 is 1.95 bits per heavy atom. The van der Waals surface area contributed by atoms with Crippen molar-refractivity contribution in [2.45, 2.75) is 40.5 Å². The number of nitrogen functional groups attached to an aromatic ring is 1. The SMILES string of the molecule is CCC(C#N)(CC)CNc1c(N)cc(C)c(F)c1C. The molecule has 0 aromatic heterocycles. The van der Waals surface area contributed by atoms with E-state index in [2.05, 4.69) is 11.4 Å². The summed E-state index contributed by atoms with van der Waals surface area (Å²) in [6.45, 7) is 7.85. The van der Waals surface area contributed by atoms with Crippen LogP contribution in [0.2, 0.25) is 0 Å². The molecular weight excluding hydrogens is 241 g/mol. The molecule has 0 spiro atoms. The summed E-state index contributed by atoms with van der Waals surface area (Å²) in [5.74, 6) is -0.243. The molecule has 1 aromatic rings. The highest BCUT2D eigenvalue weighted by molar-refractivity contribution is 5.71. The smallest absolute Gasteiger partial charge is 0.131 e. The summed E-state index contributed by atoms with van der Waals surface area (Å²) >= 11 is 0. The molecule has 0 amide bonds. The third kappa shape index (κ3) is 2.98. The maximum absolute atomic E-state index is 13.9. The molecular formula is C15H22FN3. The van der Waals surface area contributed by atoms with Crippen molar-refractivity contribution in [2.75, 3.05) is 17.6 Å². The van der Waals surface area contributed by atoms with Crippen LogP contribution in [-0.4, -0.2) is 6.54 Å². The molecule has 3 nitrogen and oxygen atoms in total. The number of rotatable bonds is 5. The second-order valence-corrected chi connectivity index (χ2v) is 5.05. The van der Waals surface area contributed by atoms with Gasteiger partial charge in [-0.25, -0.2) is 4.39 Å². The van der Waals surface area contributed by atoms with Crippen molar-refractivity contribution < 1.29 is 4.39 Å².